The number of ether oxygens (including phenoxy) is 1. The minimum Gasteiger partial charge on any atom is -0.365 e. The van der Waals surface area contributed by atoms with E-state index in [1.807, 2.05) is 18.2 Å². The molecular weight excluding hydrogens is 290 g/mol. The first-order chi connectivity index (χ1) is 11.2. The molecule has 0 aliphatic carbocycles. The van der Waals surface area contributed by atoms with Crippen LogP contribution in [0.4, 0.5) is 0 Å². The molecule has 2 rings (SSSR count). The summed E-state index contributed by atoms with van der Waals surface area (Å²) in [7, 11) is 2.05. The molecule has 1 fully saturated rings. The average Bonchev–Trinajstić information content (AvgIpc) is 2.59. The monoisotopic (exact) mass is 319 g/mol. The second-order valence-corrected chi connectivity index (χ2v) is 5.95. The van der Waals surface area contributed by atoms with Gasteiger partial charge in [-0.3, -0.25) is 9.69 Å². The van der Waals surface area contributed by atoms with Gasteiger partial charge in [-0.2, -0.15) is 0 Å². The van der Waals surface area contributed by atoms with Gasteiger partial charge in [0.25, 0.3) is 5.91 Å². The van der Waals surface area contributed by atoms with Crippen molar-refractivity contribution in [1.82, 2.24) is 15.1 Å². The Morgan fingerprint density at radius 3 is 2.65 bits per heavy atom. The van der Waals surface area contributed by atoms with Gasteiger partial charge in [0.05, 0.1) is 12.6 Å². The van der Waals surface area contributed by atoms with Gasteiger partial charge in [0.1, 0.15) is 0 Å². The molecule has 0 radical (unpaired) electrons. The SMILES string of the molecule is CCN(CC)CCNC(=O)[C@@H]1OCCN(C)[C@H]1c1ccccc1. The van der Waals surface area contributed by atoms with E-state index in [4.69, 9.17) is 4.74 Å². The summed E-state index contributed by atoms with van der Waals surface area (Å²) in [6.45, 7) is 9.23. The van der Waals surface area contributed by atoms with E-state index in [1.54, 1.807) is 0 Å². The molecule has 5 nitrogen and oxygen atoms in total. The molecule has 0 saturated carbocycles. The van der Waals surface area contributed by atoms with Crippen LogP contribution in [0.25, 0.3) is 0 Å². The smallest absolute Gasteiger partial charge is 0.251 e. The van der Waals surface area contributed by atoms with E-state index in [0.717, 1.165) is 31.7 Å². The van der Waals surface area contributed by atoms with Gasteiger partial charge in [0, 0.05) is 19.6 Å². The number of amides is 1. The van der Waals surface area contributed by atoms with Gasteiger partial charge in [-0.05, 0) is 25.7 Å². The van der Waals surface area contributed by atoms with Crippen molar-refractivity contribution in [3.05, 3.63) is 35.9 Å². The van der Waals surface area contributed by atoms with Crippen LogP contribution >= 0.6 is 0 Å². The van der Waals surface area contributed by atoms with Crippen molar-refractivity contribution in [2.75, 3.05) is 46.4 Å². The standard InChI is InChI=1S/C18H29N3O2/c1-4-21(5-2)12-11-19-18(22)17-16(20(3)13-14-23-17)15-9-7-6-8-10-15/h6-10,16-17H,4-5,11-14H2,1-3H3,(H,19,22)/t16-,17+/m0/s1. The Morgan fingerprint density at radius 2 is 2.00 bits per heavy atom. The first kappa shape index (κ1) is 17.9. The fourth-order valence-corrected chi connectivity index (χ4v) is 3.06. The Hall–Kier alpha value is -1.43. The third-order valence-corrected chi connectivity index (χ3v) is 4.52. The van der Waals surface area contributed by atoms with E-state index in [2.05, 4.69) is 48.1 Å². The molecule has 1 aromatic carbocycles. The largest absolute Gasteiger partial charge is 0.365 e. The summed E-state index contributed by atoms with van der Waals surface area (Å²) in [6.07, 6.45) is -0.451. The molecule has 2 atom stereocenters. The Bertz CT molecular complexity index is 476. The van der Waals surface area contributed by atoms with Crippen LogP contribution in [0.2, 0.25) is 0 Å². The summed E-state index contributed by atoms with van der Waals surface area (Å²) in [5, 5.41) is 3.04. The fraction of sp³-hybridized carbons (Fsp3) is 0.611. The number of carbonyl (C=O) groups is 1. The number of morpholine rings is 1. The van der Waals surface area contributed by atoms with E-state index in [0.29, 0.717) is 13.2 Å². The lowest BCUT2D eigenvalue weighted by Crippen LogP contribution is -2.51. The Labute approximate surface area is 139 Å². The van der Waals surface area contributed by atoms with E-state index >= 15 is 0 Å². The summed E-state index contributed by atoms with van der Waals surface area (Å²) in [5.74, 6) is -0.0161. The van der Waals surface area contributed by atoms with Gasteiger partial charge >= 0.3 is 0 Å². The lowest BCUT2D eigenvalue weighted by molar-refractivity contribution is -0.144. The zero-order valence-electron chi connectivity index (χ0n) is 14.5. The number of hydrogen-bond acceptors (Lipinski definition) is 4. The maximum atomic E-state index is 12.6. The van der Waals surface area contributed by atoms with Crippen molar-refractivity contribution < 1.29 is 9.53 Å². The third kappa shape index (κ3) is 4.77. The summed E-state index contributed by atoms with van der Waals surface area (Å²) >= 11 is 0. The van der Waals surface area contributed by atoms with Crippen LogP contribution in [-0.4, -0.2) is 68.2 Å². The lowest BCUT2D eigenvalue weighted by atomic mass is 9.98. The number of nitrogens with zero attached hydrogens (tertiary/aromatic N) is 2. The first-order valence-corrected chi connectivity index (χ1v) is 8.54. The van der Waals surface area contributed by atoms with E-state index in [1.165, 1.54) is 0 Å². The van der Waals surface area contributed by atoms with Crippen molar-refractivity contribution in [3.8, 4) is 0 Å². The van der Waals surface area contributed by atoms with Crippen molar-refractivity contribution in [3.63, 3.8) is 0 Å². The van der Waals surface area contributed by atoms with Gasteiger partial charge in [-0.1, -0.05) is 44.2 Å². The molecule has 0 bridgehead atoms. The zero-order valence-corrected chi connectivity index (χ0v) is 14.5. The van der Waals surface area contributed by atoms with Gasteiger partial charge < -0.3 is 15.0 Å². The Balaban J connectivity index is 1.99. The first-order valence-electron chi connectivity index (χ1n) is 8.54. The molecule has 0 aromatic heterocycles. The minimum atomic E-state index is -0.451. The highest BCUT2D eigenvalue weighted by molar-refractivity contribution is 5.82. The fourth-order valence-electron chi connectivity index (χ4n) is 3.06. The molecule has 0 spiro atoms. The van der Waals surface area contributed by atoms with Gasteiger partial charge in [-0.25, -0.2) is 0 Å². The van der Waals surface area contributed by atoms with Crippen LogP contribution in [0, 0.1) is 0 Å². The highest BCUT2D eigenvalue weighted by Crippen LogP contribution is 2.28. The maximum Gasteiger partial charge on any atom is 0.251 e. The Morgan fingerprint density at radius 1 is 1.30 bits per heavy atom. The number of carbonyl (C=O) groups excluding carboxylic acids is 1. The highest BCUT2D eigenvalue weighted by atomic mass is 16.5. The minimum absolute atomic E-state index is 0.0161. The summed E-state index contributed by atoms with van der Waals surface area (Å²) in [4.78, 5) is 17.1. The quantitative estimate of drug-likeness (QED) is 0.827. The predicted molar refractivity (Wildman–Crippen MR) is 92.4 cm³/mol. The molecule has 1 N–H and O–H groups in total. The lowest BCUT2D eigenvalue weighted by Gasteiger charge is -2.38. The highest BCUT2D eigenvalue weighted by Gasteiger charge is 2.36. The molecule has 1 aliphatic rings. The second-order valence-electron chi connectivity index (χ2n) is 5.95. The van der Waals surface area contributed by atoms with Crippen molar-refractivity contribution in [1.29, 1.82) is 0 Å². The second kappa shape index (κ2) is 9.01. The molecule has 23 heavy (non-hydrogen) atoms. The molecule has 1 aliphatic heterocycles. The van der Waals surface area contributed by atoms with E-state index in [-0.39, 0.29) is 11.9 Å². The molecule has 0 unspecified atom stereocenters. The maximum absolute atomic E-state index is 12.6. The molecule has 128 valence electrons. The molecule has 1 aromatic rings. The molecule has 5 heteroatoms. The predicted octanol–water partition coefficient (Wildman–Crippen LogP) is 1.52. The molecular formula is C18H29N3O2. The zero-order chi connectivity index (χ0) is 16.7. The van der Waals surface area contributed by atoms with Crippen molar-refractivity contribution in [2.45, 2.75) is 26.0 Å². The normalized spacial score (nSPS) is 22.3. The number of nitrogens with one attached hydrogen (secondary N) is 1. The topological polar surface area (TPSA) is 44.8 Å². The van der Waals surface area contributed by atoms with Crippen LogP contribution in [0.15, 0.2) is 30.3 Å². The van der Waals surface area contributed by atoms with Gasteiger partial charge in [0.2, 0.25) is 0 Å². The summed E-state index contributed by atoms with van der Waals surface area (Å²) in [5.41, 5.74) is 1.12. The number of hydrogen-bond donors (Lipinski definition) is 1. The Kier molecular flexibility index (Phi) is 7.02. The van der Waals surface area contributed by atoms with E-state index < -0.39 is 6.10 Å². The van der Waals surface area contributed by atoms with Crippen LogP contribution < -0.4 is 5.32 Å². The summed E-state index contributed by atoms with van der Waals surface area (Å²) < 4.78 is 5.82. The van der Waals surface area contributed by atoms with Crippen molar-refractivity contribution in [2.24, 2.45) is 0 Å². The van der Waals surface area contributed by atoms with Gasteiger partial charge in [-0.15, -0.1) is 0 Å². The summed E-state index contributed by atoms with van der Waals surface area (Å²) in [6, 6.07) is 10.1. The van der Waals surface area contributed by atoms with Crippen LogP contribution in [0.5, 0.6) is 0 Å². The average molecular weight is 319 g/mol. The number of benzene rings is 1. The molecule has 1 saturated heterocycles. The third-order valence-electron chi connectivity index (χ3n) is 4.52. The molecule has 1 heterocycles. The van der Waals surface area contributed by atoms with Crippen LogP contribution in [0.1, 0.15) is 25.5 Å². The number of likely N-dealkylation sites (N-methyl/N-ethyl adjacent to an activating group) is 2. The van der Waals surface area contributed by atoms with Crippen molar-refractivity contribution >= 4 is 5.91 Å². The number of rotatable bonds is 7. The van der Waals surface area contributed by atoms with E-state index in [9.17, 15) is 4.79 Å². The van der Waals surface area contributed by atoms with Crippen LogP contribution in [-0.2, 0) is 9.53 Å². The van der Waals surface area contributed by atoms with Crippen LogP contribution in [0.3, 0.4) is 0 Å². The van der Waals surface area contributed by atoms with Gasteiger partial charge in [0.15, 0.2) is 6.10 Å². The molecule has 1 amide bonds.